The van der Waals surface area contributed by atoms with Crippen molar-refractivity contribution in [1.82, 2.24) is 14.3 Å². The van der Waals surface area contributed by atoms with Crippen LogP contribution in [0.15, 0.2) is 59.9 Å². The molecule has 2 N–H and O–H groups in total. The molecule has 0 amide bonds. The van der Waals surface area contributed by atoms with E-state index in [2.05, 4.69) is 15.0 Å². The first-order valence-electron chi connectivity index (χ1n) is 9.01. The van der Waals surface area contributed by atoms with Crippen molar-refractivity contribution in [3.8, 4) is 11.3 Å². The predicted octanol–water partition coefficient (Wildman–Crippen LogP) is 4.19. The predicted molar refractivity (Wildman–Crippen MR) is 108 cm³/mol. The molecular formula is C20H21F3N4O2S. The SMILES string of the molecule is CNS(=O)(=O)c1ccc(N[C@@H](C)c2cccc(C(F)(F)F)c2)c(-c2cn(C)cn2)c1. The van der Waals surface area contributed by atoms with Gasteiger partial charge in [-0.2, -0.15) is 13.2 Å². The summed E-state index contributed by atoms with van der Waals surface area (Å²) in [5, 5.41) is 3.18. The molecule has 0 saturated heterocycles. The summed E-state index contributed by atoms with van der Waals surface area (Å²) >= 11 is 0. The number of nitrogens with one attached hydrogen (secondary N) is 2. The van der Waals surface area contributed by atoms with Gasteiger partial charge in [0.1, 0.15) is 0 Å². The molecule has 1 aromatic heterocycles. The van der Waals surface area contributed by atoms with Gasteiger partial charge in [0.25, 0.3) is 0 Å². The third kappa shape index (κ3) is 4.65. The highest BCUT2D eigenvalue weighted by atomic mass is 32.2. The third-order valence-electron chi connectivity index (χ3n) is 4.64. The van der Waals surface area contributed by atoms with Crippen molar-refractivity contribution in [3.05, 3.63) is 66.1 Å². The van der Waals surface area contributed by atoms with E-state index >= 15 is 0 Å². The summed E-state index contributed by atoms with van der Waals surface area (Å²) in [6.45, 7) is 1.73. The Morgan fingerprint density at radius 3 is 2.47 bits per heavy atom. The Bertz CT molecular complexity index is 1160. The zero-order valence-electron chi connectivity index (χ0n) is 16.5. The summed E-state index contributed by atoms with van der Waals surface area (Å²) in [6.07, 6.45) is -1.13. The number of nitrogens with zero attached hydrogens (tertiary/aromatic N) is 2. The minimum atomic E-state index is -4.43. The molecule has 0 spiro atoms. The van der Waals surface area contributed by atoms with Gasteiger partial charge in [-0.15, -0.1) is 0 Å². The molecule has 0 radical (unpaired) electrons. The van der Waals surface area contributed by atoms with E-state index in [0.717, 1.165) is 12.1 Å². The third-order valence-corrected chi connectivity index (χ3v) is 6.05. The number of aryl methyl sites for hydroxylation is 1. The van der Waals surface area contributed by atoms with Crippen LogP contribution < -0.4 is 10.0 Å². The largest absolute Gasteiger partial charge is 0.416 e. The molecule has 3 aromatic rings. The molecule has 6 nitrogen and oxygen atoms in total. The number of alkyl halides is 3. The second-order valence-corrected chi connectivity index (χ2v) is 8.72. The lowest BCUT2D eigenvalue weighted by atomic mass is 10.0. The van der Waals surface area contributed by atoms with E-state index in [1.165, 1.54) is 25.2 Å². The zero-order chi connectivity index (χ0) is 22.1. The minimum Gasteiger partial charge on any atom is -0.378 e. The summed E-state index contributed by atoms with van der Waals surface area (Å²) in [5.41, 5.74) is 1.32. The van der Waals surface area contributed by atoms with Gasteiger partial charge in [0, 0.05) is 30.5 Å². The maximum Gasteiger partial charge on any atom is 0.416 e. The number of halogens is 3. The molecule has 10 heteroatoms. The molecule has 0 aliphatic heterocycles. The van der Waals surface area contributed by atoms with Crippen molar-refractivity contribution in [2.45, 2.75) is 24.0 Å². The highest BCUT2D eigenvalue weighted by Gasteiger charge is 2.30. The van der Waals surface area contributed by atoms with E-state index in [1.54, 1.807) is 43.2 Å². The lowest BCUT2D eigenvalue weighted by Gasteiger charge is -2.20. The van der Waals surface area contributed by atoms with Crippen molar-refractivity contribution >= 4 is 15.7 Å². The first kappa shape index (κ1) is 21.8. The topological polar surface area (TPSA) is 76.0 Å². The second kappa shape index (κ2) is 8.11. The van der Waals surface area contributed by atoms with Crippen LogP contribution in [0.5, 0.6) is 0 Å². The lowest BCUT2D eigenvalue weighted by molar-refractivity contribution is -0.137. The number of benzene rings is 2. The quantitative estimate of drug-likeness (QED) is 0.605. The first-order chi connectivity index (χ1) is 14.0. The van der Waals surface area contributed by atoms with Crippen LogP contribution in [0.3, 0.4) is 0 Å². The standard InChI is InChI=1S/C20H21F3N4O2S/c1-13(14-5-4-6-15(9-14)20(21,22)23)26-18-8-7-16(30(28,29)24-2)10-17(18)19-11-27(3)12-25-19/h4-13,24,26H,1-3H3/t13-/m0/s1. The number of rotatable bonds is 6. The van der Waals surface area contributed by atoms with Crippen LogP contribution in [0.4, 0.5) is 18.9 Å². The molecule has 3 rings (SSSR count). The number of sulfonamides is 1. The molecule has 30 heavy (non-hydrogen) atoms. The molecule has 0 unspecified atom stereocenters. The Hall–Kier alpha value is -2.85. The van der Waals surface area contributed by atoms with Gasteiger partial charge in [0.2, 0.25) is 10.0 Å². The van der Waals surface area contributed by atoms with E-state index in [4.69, 9.17) is 0 Å². The smallest absolute Gasteiger partial charge is 0.378 e. The maximum atomic E-state index is 13.0. The van der Waals surface area contributed by atoms with E-state index < -0.39 is 27.8 Å². The molecule has 0 saturated carbocycles. The molecule has 1 heterocycles. The molecular weight excluding hydrogens is 417 g/mol. The maximum absolute atomic E-state index is 13.0. The van der Waals surface area contributed by atoms with E-state index in [-0.39, 0.29) is 4.90 Å². The molecule has 1 atom stereocenters. The van der Waals surface area contributed by atoms with Crippen molar-refractivity contribution in [2.24, 2.45) is 7.05 Å². The Morgan fingerprint density at radius 2 is 1.87 bits per heavy atom. The van der Waals surface area contributed by atoms with Crippen LogP contribution in [0.25, 0.3) is 11.3 Å². The van der Waals surface area contributed by atoms with Crippen molar-refractivity contribution in [3.63, 3.8) is 0 Å². The Morgan fingerprint density at radius 1 is 1.13 bits per heavy atom. The second-order valence-electron chi connectivity index (χ2n) is 6.83. The van der Waals surface area contributed by atoms with Crippen molar-refractivity contribution in [1.29, 1.82) is 0 Å². The average Bonchev–Trinajstić information content (AvgIpc) is 3.13. The van der Waals surface area contributed by atoms with Crippen molar-refractivity contribution in [2.75, 3.05) is 12.4 Å². The molecule has 160 valence electrons. The van der Waals surface area contributed by atoms with Crippen molar-refractivity contribution < 1.29 is 21.6 Å². The molecule has 0 fully saturated rings. The fourth-order valence-corrected chi connectivity index (χ4v) is 3.75. The van der Waals surface area contributed by atoms with E-state index in [9.17, 15) is 21.6 Å². The summed E-state index contributed by atoms with van der Waals surface area (Å²) in [6, 6.07) is 9.10. The number of hydrogen-bond donors (Lipinski definition) is 2. The normalized spacial score (nSPS) is 13.3. The van der Waals surface area contributed by atoms with E-state index in [0.29, 0.717) is 22.5 Å². The fraction of sp³-hybridized carbons (Fsp3) is 0.250. The van der Waals surface area contributed by atoms with Gasteiger partial charge in [-0.3, -0.25) is 0 Å². The Balaban J connectivity index is 2.01. The average molecular weight is 438 g/mol. The van der Waals surface area contributed by atoms with Gasteiger partial charge in [0.05, 0.1) is 22.5 Å². The van der Waals surface area contributed by atoms with Gasteiger partial charge in [-0.25, -0.2) is 18.1 Å². The van der Waals surface area contributed by atoms with Crippen LogP contribution >= 0.6 is 0 Å². The fourth-order valence-electron chi connectivity index (χ4n) is 3.00. The summed E-state index contributed by atoms with van der Waals surface area (Å²) in [7, 11) is -0.581. The lowest BCUT2D eigenvalue weighted by Crippen LogP contribution is -2.18. The van der Waals surface area contributed by atoms with Gasteiger partial charge < -0.3 is 9.88 Å². The zero-order valence-corrected chi connectivity index (χ0v) is 17.3. The van der Waals surface area contributed by atoms with Gasteiger partial charge in [-0.05, 0) is 49.9 Å². The van der Waals surface area contributed by atoms with Gasteiger partial charge in [0.15, 0.2) is 0 Å². The Labute approximate surface area is 172 Å². The number of hydrogen-bond acceptors (Lipinski definition) is 4. The van der Waals surface area contributed by atoms with Gasteiger partial charge in [-0.1, -0.05) is 12.1 Å². The monoisotopic (exact) mass is 438 g/mol. The van der Waals surface area contributed by atoms with Crippen LogP contribution in [-0.2, 0) is 23.2 Å². The summed E-state index contributed by atoms with van der Waals surface area (Å²) in [5.74, 6) is 0. The highest BCUT2D eigenvalue weighted by Crippen LogP contribution is 2.34. The Kier molecular flexibility index (Phi) is 5.91. The number of aromatic nitrogens is 2. The molecule has 0 bridgehead atoms. The molecule has 2 aromatic carbocycles. The molecule has 0 aliphatic carbocycles. The molecule has 0 aliphatic rings. The highest BCUT2D eigenvalue weighted by molar-refractivity contribution is 7.89. The van der Waals surface area contributed by atoms with Crippen LogP contribution in [0.1, 0.15) is 24.1 Å². The first-order valence-corrected chi connectivity index (χ1v) is 10.5. The number of imidazole rings is 1. The van der Waals surface area contributed by atoms with Gasteiger partial charge >= 0.3 is 6.18 Å². The minimum absolute atomic E-state index is 0.0583. The van der Waals surface area contributed by atoms with Crippen LogP contribution in [0.2, 0.25) is 0 Å². The summed E-state index contributed by atoms with van der Waals surface area (Å²) in [4.78, 5) is 4.34. The van der Waals surface area contributed by atoms with Crippen LogP contribution in [0, 0.1) is 0 Å². The summed E-state index contributed by atoms with van der Waals surface area (Å²) < 4.78 is 67.5. The van der Waals surface area contributed by atoms with E-state index in [1.807, 2.05) is 0 Å². The number of anilines is 1. The van der Waals surface area contributed by atoms with Crippen LogP contribution in [-0.4, -0.2) is 25.0 Å².